The van der Waals surface area contributed by atoms with Crippen molar-refractivity contribution in [2.45, 2.75) is 63.5 Å². The zero-order chi connectivity index (χ0) is 25.7. The minimum atomic E-state index is -0.614. The third-order valence-corrected chi connectivity index (χ3v) is 8.91. The molecular weight excluding hydrogens is 496 g/mol. The second-order valence-corrected chi connectivity index (χ2v) is 11.6. The van der Waals surface area contributed by atoms with E-state index in [2.05, 4.69) is 27.9 Å². The summed E-state index contributed by atoms with van der Waals surface area (Å²) in [4.78, 5) is 10.7. The van der Waals surface area contributed by atoms with E-state index in [4.69, 9.17) is 21.2 Å². The number of oxime groups is 1. The molecule has 3 heterocycles. The van der Waals surface area contributed by atoms with Crippen LogP contribution < -0.4 is 4.74 Å². The number of hydrogen-bond acceptors (Lipinski definition) is 5. The van der Waals surface area contributed by atoms with Gasteiger partial charge in [0.1, 0.15) is 23.2 Å². The predicted octanol–water partition coefficient (Wildman–Crippen LogP) is 6.58. The first-order valence-corrected chi connectivity index (χ1v) is 13.8. The fourth-order valence-corrected chi connectivity index (χ4v) is 6.70. The summed E-state index contributed by atoms with van der Waals surface area (Å²) in [5.41, 5.74) is 2.68. The van der Waals surface area contributed by atoms with Crippen LogP contribution in [0.5, 0.6) is 5.75 Å². The number of ether oxygens (including phenoxy) is 1. The lowest BCUT2D eigenvalue weighted by Gasteiger charge is -2.45. The molecule has 0 unspecified atom stereocenters. The van der Waals surface area contributed by atoms with Crippen molar-refractivity contribution in [2.75, 3.05) is 33.3 Å². The van der Waals surface area contributed by atoms with E-state index in [0.29, 0.717) is 34.4 Å². The number of halogens is 3. The van der Waals surface area contributed by atoms with Gasteiger partial charge in [0.15, 0.2) is 5.60 Å². The molecule has 3 aliphatic heterocycles. The van der Waals surface area contributed by atoms with Crippen LogP contribution >= 0.6 is 11.6 Å². The molecule has 6 rings (SSSR count). The molecule has 8 heteroatoms. The number of nitrogens with zero attached hydrogens (tertiary/aromatic N) is 3. The predicted molar refractivity (Wildman–Crippen MR) is 141 cm³/mol. The Morgan fingerprint density at radius 3 is 2.54 bits per heavy atom. The molecule has 4 aliphatic rings. The summed E-state index contributed by atoms with van der Waals surface area (Å²) in [6.07, 6.45) is 6.65. The molecule has 198 valence electrons. The molecule has 1 aliphatic carbocycles. The van der Waals surface area contributed by atoms with Gasteiger partial charge in [0, 0.05) is 55.5 Å². The molecule has 0 radical (unpaired) electrons. The molecule has 2 saturated heterocycles. The third-order valence-electron chi connectivity index (χ3n) is 8.55. The highest BCUT2D eigenvalue weighted by Crippen LogP contribution is 2.51. The summed E-state index contributed by atoms with van der Waals surface area (Å²) in [5, 5.41) is 4.88. The molecule has 5 nitrogen and oxygen atoms in total. The Bertz CT molecular complexity index is 1220. The summed E-state index contributed by atoms with van der Waals surface area (Å²) in [6.45, 7) is 6.66. The van der Waals surface area contributed by atoms with Gasteiger partial charge in [-0.2, -0.15) is 0 Å². The molecule has 37 heavy (non-hydrogen) atoms. The molecule has 0 N–H and O–H groups in total. The second-order valence-electron chi connectivity index (χ2n) is 11.2. The van der Waals surface area contributed by atoms with Gasteiger partial charge < -0.3 is 14.5 Å². The number of amidine groups is 1. The fourth-order valence-electron chi connectivity index (χ4n) is 6.29. The van der Waals surface area contributed by atoms with Gasteiger partial charge in [0.05, 0.1) is 18.6 Å². The van der Waals surface area contributed by atoms with Gasteiger partial charge >= 0.3 is 0 Å². The van der Waals surface area contributed by atoms with E-state index >= 15 is 0 Å². The van der Waals surface area contributed by atoms with Crippen molar-refractivity contribution in [2.24, 2.45) is 11.1 Å². The number of benzene rings is 2. The first-order chi connectivity index (χ1) is 17.9. The average Bonchev–Trinajstić information content (AvgIpc) is 3.62. The molecule has 0 bridgehead atoms. The molecule has 2 aromatic carbocycles. The number of likely N-dealkylation sites (tertiary alicyclic amines) is 2. The first kappa shape index (κ1) is 24.9. The molecule has 1 spiro atoms. The van der Waals surface area contributed by atoms with Crippen molar-refractivity contribution in [1.82, 2.24) is 9.80 Å². The Hall–Kier alpha value is -2.38. The fraction of sp³-hybridized carbons (Fsp3) is 0.552. The van der Waals surface area contributed by atoms with Crippen LogP contribution in [0.15, 0.2) is 29.4 Å². The van der Waals surface area contributed by atoms with Crippen molar-refractivity contribution in [1.29, 1.82) is 0 Å². The first-order valence-electron chi connectivity index (χ1n) is 13.5. The Morgan fingerprint density at radius 1 is 1.14 bits per heavy atom. The highest BCUT2D eigenvalue weighted by atomic mass is 35.5. The maximum Gasteiger partial charge on any atom is 0.170 e. The normalized spacial score (nSPS) is 21.6. The van der Waals surface area contributed by atoms with Crippen molar-refractivity contribution >= 4 is 17.4 Å². The minimum Gasteiger partial charge on any atom is -0.495 e. The number of rotatable bonds is 6. The van der Waals surface area contributed by atoms with Gasteiger partial charge in [0.2, 0.25) is 0 Å². The standard InChI is InChI=1S/C29H34ClF2N3O2/c1-3-18-8-10-35(11-9-18)25-14-29(37-33-25)16-34(17-29)15-20-12-23(19-4-5-19)26(27(30)28(20)36-2)22-7-6-21(31)13-24(22)32/h6-7,12-13,18-19H,3-5,8-11,14-17H2,1-2H3. The van der Waals surface area contributed by atoms with Gasteiger partial charge in [-0.3, -0.25) is 4.90 Å². The lowest BCUT2D eigenvalue weighted by atomic mass is 9.88. The van der Waals surface area contributed by atoms with E-state index in [1.165, 1.54) is 31.4 Å². The van der Waals surface area contributed by atoms with Crippen molar-refractivity contribution < 1.29 is 18.4 Å². The Morgan fingerprint density at radius 2 is 1.89 bits per heavy atom. The summed E-state index contributed by atoms with van der Waals surface area (Å²) < 4.78 is 34.1. The lowest BCUT2D eigenvalue weighted by Crippen LogP contribution is -2.61. The molecule has 0 atom stereocenters. The van der Waals surface area contributed by atoms with E-state index in [1.807, 2.05) is 0 Å². The lowest BCUT2D eigenvalue weighted by molar-refractivity contribution is -0.128. The Labute approximate surface area is 222 Å². The average molecular weight is 530 g/mol. The SMILES string of the molecule is CCC1CCN(C2=NOC3(C2)CN(Cc2cc(C4CC4)c(-c4ccc(F)cc4F)c(Cl)c2OC)C3)CC1. The topological polar surface area (TPSA) is 37.3 Å². The molecular formula is C29H34ClF2N3O2. The van der Waals surface area contributed by atoms with Crippen LogP contribution in [0.3, 0.4) is 0 Å². The van der Waals surface area contributed by atoms with Crippen LogP contribution in [0.2, 0.25) is 5.02 Å². The molecule has 2 aromatic rings. The minimum absolute atomic E-state index is 0.246. The molecule has 3 fully saturated rings. The van der Waals surface area contributed by atoms with Gasteiger partial charge in [0.25, 0.3) is 0 Å². The highest BCUT2D eigenvalue weighted by Gasteiger charge is 2.51. The Kier molecular flexibility index (Phi) is 6.56. The van der Waals surface area contributed by atoms with Crippen LogP contribution in [0.25, 0.3) is 11.1 Å². The van der Waals surface area contributed by atoms with E-state index < -0.39 is 11.6 Å². The monoisotopic (exact) mass is 529 g/mol. The van der Waals surface area contributed by atoms with Crippen LogP contribution in [0.4, 0.5) is 8.78 Å². The van der Waals surface area contributed by atoms with Gasteiger partial charge in [-0.05, 0) is 61.3 Å². The van der Waals surface area contributed by atoms with Gasteiger partial charge in [-0.25, -0.2) is 8.78 Å². The number of piperidine rings is 1. The van der Waals surface area contributed by atoms with E-state index in [0.717, 1.165) is 74.4 Å². The van der Waals surface area contributed by atoms with E-state index in [9.17, 15) is 8.78 Å². The van der Waals surface area contributed by atoms with E-state index in [1.54, 1.807) is 7.11 Å². The summed E-state index contributed by atoms with van der Waals surface area (Å²) >= 11 is 6.88. The van der Waals surface area contributed by atoms with Crippen LogP contribution in [-0.2, 0) is 11.4 Å². The molecule has 0 aromatic heterocycles. The van der Waals surface area contributed by atoms with Crippen LogP contribution in [0.1, 0.15) is 62.5 Å². The van der Waals surface area contributed by atoms with Crippen LogP contribution in [0, 0.1) is 17.6 Å². The van der Waals surface area contributed by atoms with Crippen molar-refractivity contribution in [3.05, 3.63) is 52.0 Å². The zero-order valence-electron chi connectivity index (χ0n) is 21.5. The van der Waals surface area contributed by atoms with Crippen molar-refractivity contribution in [3.8, 4) is 16.9 Å². The summed E-state index contributed by atoms with van der Waals surface area (Å²) in [5.74, 6) is 1.59. The smallest absolute Gasteiger partial charge is 0.170 e. The summed E-state index contributed by atoms with van der Waals surface area (Å²) in [7, 11) is 1.59. The molecule has 0 amide bonds. The Balaban J connectivity index is 1.17. The maximum atomic E-state index is 14.8. The number of hydrogen-bond donors (Lipinski definition) is 0. The van der Waals surface area contributed by atoms with Crippen molar-refractivity contribution in [3.63, 3.8) is 0 Å². The van der Waals surface area contributed by atoms with Gasteiger partial charge in [-0.1, -0.05) is 30.1 Å². The van der Waals surface area contributed by atoms with E-state index in [-0.39, 0.29) is 5.60 Å². The maximum absolute atomic E-state index is 14.8. The van der Waals surface area contributed by atoms with Gasteiger partial charge in [-0.15, -0.1) is 0 Å². The zero-order valence-corrected chi connectivity index (χ0v) is 22.3. The number of methoxy groups -OCH3 is 1. The third kappa shape index (κ3) is 4.69. The highest BCUT2D eigenvalue weighted by molar-refractivity contribution is 6.35. The van der Waals surface area contributed by atoms with Crippen LogP contribution in [-0.4, -0.2) is 54.5 Å². The molecule has 1 saturated carbocycles. The quantitative estimate of drug-likeness (QED) is 0.423. The largest absolute Gasteiger partial charge is 0.495 e. The second kappa shape index (κ2) is 9.73. The summed E-state index contributed by atoms with van der Waals surface area (Å²) in [6, 6.07) is 5.76.